The number of carbonyl (C=O) groups is 2. The topological polar surface area (TPSA) is 78.9 Å². The molecular weight excluding hydrogens is 200 g/mol. The minimum absolute atomic E-state index is 0.0334. The Kier molecular flexibility index (Phi) is 2.77. The van der Waals surface area contributed by atoms with E-state index in [-0.39, 0.29) is 6.61 Å². The van der Waals surface area contributed by atoms with E-state index in [2.05, 4.69) is 5.32 Å². The molecule has 6 heteroatoms. The van der Waals surface area contributed by atoms with Crippen molar-refractivity contribution in [3.63, 3.8) is 0 Å². The molecular formula is C9H14N2O4. The molecule has 0 radical (unpaired) electrons. The first-order valence-corrected chi connectivity index (χ1v) is 5.05. The van der Waals surface area contributed by atoms with Crippen molar-refractivity contribution < 1.29 is 19.4 Å². The molecule has 15 heavy (non-hydrogen) atoms. The van der Waals surface area contributed by atoms with Gasteiger partial charge >= 0.3 is 12.1 Å². The van der Waals surface area contributed by atoms with Crippen LogP contribution >= 0.6 is 0 Å². The number of cyclic esters (lactones) is 1. The molecule has 6 nitrogen and oxygen atoms in total. The average molecular weight is 214 g/mol. The van der Waals surface area contributed by atoms with Crippen molar-refractivity contribution in [3.05, 3.63) is 0 Å². The molecule has 84 valence electrons. The van der Waals surface area contributed by atoms with Crippen molar-refractivity contribution in [1.29, 1.82) is 0 Å². The number of hydrogen-bond acceptors (Lipinski definition) is 4. The first-order valence-electron chi connectivity index (χ1n) is 5.05. The second-order valence-electron chi connectivity index (χ2n) is 3.94. The van der Waals surface area contributed by atoms with Crippen LogP contribution in [0, 0.1) is 5.92 Å². The maximum absolute atomic E-state index is 11.3. The molecule has 2 unspecified atom stereocenters. The van der Waals surface area contributed by atoms with Crippen LogP contribution in [0.2, 0.25) is 0 Å². The molecule has 2 aliphatic rings. The highest BCUT2D eigenvalue weighted by molar-refractivity contribution is 5.82. The summed E-state index contributed by atoms with van der Waals surface area (Å²) in [5.74, 6) is -0.649. The van der Waals surface area contributed by atoms with E-state index in [1.807, 2.05) is 0 Å². The Bertz CT molecular complexity index is 275. The largest absolute Gasteiger partial charge is 0.480 e. The number of amides is 1. The van der Waals surface area contributed by atoms with E-state index in [1.165, 1.54) is 4.90 Å². The quantitative estimate of drug-likeness (QED) is 0.662. The van der Waals surface area contributed by atoms with Crippen molar-refractivity contribution in [2.75, 3.05) is 26.2 Å². The van der Waals surface area contributed by atoms with Crippen molar-refractivity contribution in [1.82, 2.24) is 10.2 Å². The lowest BCUT2D eigenvalue weighted by Crippen LogP contribution is -2.42. The fraction of sp³-hybridized carbons (Fsp3) is 0.778. The smallest absolute Gasteiger partial charge is 0.410 e. The molecule has 0 aromatic carbocycles. The van der Waals surface area contributed by atoms with Crippen LogP contribution < -0.4 is 5.32 Å². The maximum atomic E-state index is 11.3. The lowest BCUT2D eigenvalue weighted by Gasteiger charge is -2.21. The fourth-order valence-corrected chi connectivity index (χ4v) is 2.01. The van der Waals surface area contributed by atoms with Gasteiger partial charge in [0.15, 0.2) is 6.04 Å². The lowest BCUT2D eigenvalue weighted by molar-refractivity contribution is -0.141. The second kappa shape index (κ2) is 4.06. The van der Waals surface area contributed by atoms with Gasteiger partial charge in [-0.1, -0.05) is 0 Å². The Labute approximate surface area is 87.2 Å². The average Bonchev–Trinajstić information content (AvgIpc) is 2.78. The Hall–Kier alpha value is -1.30. The number of nitrogens with zero attached hydrogens (tertiary/aromatic N) is 1. The normalized spacial score (nSPS) is 30.7. The third-order valence-corrected chi connectivity index (χ3v) is 2.88. The molecule has 0 spiro atoms. The first kappa shape index (κ1) is 10.2. The minimum Gasteiger partial charge on any atom is -0.480 e. The van der Waals surface area contributed by atoms with Gasteiger partial charge in [0.1, 0.15) is 6.61 Å². The number of carbonyl (C=O) groups excluding carboxylic acids is 1. The van der Waals surface area contributed by atoms with Gasteiger partial charge < -0.3 is 15.2 Å². The molecule has 0 saturated carbocycles. The van der Waals surface area contributed by atoms with Gasteiger partial charge in [0.25, 0.3) is 0 Å². The van der Waals surface area contributed by atoms with Crippen LogP contribution in [0.1, 0.15) is 6.42 Å². The minimum atomic E-state index is -0.994. The van der Waals surface area contributed by atoms with Crippen molar-refractivity contribution in [2.45, 2.75) is 12.5 Å². The number of ether oxygens (including phenoxy) is 1. The Morgan fingerprint density at radius 3 is 3.07 bits per heavy atom. The van der Waals surface area contributed by atoms with Crippen LogP contribution in [-0.2, 0) is 9.53 Å². The van der Waals surface area contributed by atoms with Crippen LogP contribution in [0.4, 0.5) is 4.79 Å². The molecule has 2 saturated heterocycles. The number of hydrogen-bond donors (Lipinski definition) is 2. The summed E-state index contributed by atoms with van der Waals surface area (Å²) >= 11 is 0. The zero-order valence-electron chi connectivity index (χ0n) is 8.31. The highest BCUT2D eigenvalue weighted by Crippen LogP contribution is 2.17. The van der Waals surface area contributed by atoms with Crippen molar-refractivity contribution in [2.24, 2.45) is 5.92 Å². The van der Waals surface area contributed by atoms with Gasteiger partial charge in [-0.15, -0.1) is 0 Å². The van der Waals surface area contributed by atoms with Gasteiger partial charge in [0.05, 0.1) is 0 Å². The number of rotatable bonds is 3. The summed E-state index contributed by atoms with van der Waals surface area (Å²) in [5, 5.41) is 12.1. The molecule has 2 fully saturated rings. The number of aliphatic carboxylic acids is 1. The third kappa shape index (κ3) is 2.04. The zero-order chi connectivity index (χ0) is 10.8. The maximum Gasteiger partial charge on any atom is 0.410 e. The standard InChI is InChI=1S/C9H14N2O4/c12-8(13)7-5-15-9(14)11(7)4-6-1-2-10-3-6/h6-7,10H,1-5H2,(H,12,13). The Balaban J connectivity index is 1.97. The molecule has 2 N–H and O–H groups in total. The van der Waals surface area contributed by atoms with Gasteiger partial charge in [-0.3, -0.25) is 4.90 Å². The third-order valence-electron chi connectivity index (χ3n) is 2.88. The Morgan fingerprint density at radius 2 is 2.47 bits per heavy atom. The van der Waals surface area contributed by atoms with E-state index in [4.69, 9.17) is 9.84 Å². The molecule has 0 aliphatic carbocycles. The summed E-state index contributed by atoms with van der Waals surface area (Å²) < 4.78 is 4.74. The van der Waals surface area contributed by atoms with Gasteiger partial charge in [0.2, 0.25) is 0 Å². The molecule has 0 aromatic heterocycles. The number of carboxylic acid groups (broad SMARTS) is 1. The van der Waals surface area contributed by atoms with Gasteiger partial charge in [0, 0.05) is 6.54 Å². The summed E-state index contributed by atoms with van der Waals surface area (Å²) in [4.78, 5) is 23.5. The highest BCUT2D eigenvalue weighted by atomic mass is 16.6. The van der Waals surface area contributed by atoms with E-state index in [0.29, 0.717) is 12.5 Å². The predicted octanol–water partition coefficient (Wildman–Crippen LogP) is -0.499. The van der Waals surface area contributed by atoms with Gasteiger partial charge in [-0.2, -0.15) is 0 Å². The van der Waals surface area contributed by atoms with E-state index in [9.17, 15) is 9.59 Å². The molecule has 2 atom stereocenters. The van der Waals surface area contributed by atoms with Crippen molar-refractivity contribution in [3.8, 4) is 0 Å². The van der Waals surface area contributed by atoms with Crippen LogP contribution in [0.15, 0.2) is 0 Å². The molecule has 1 amide bonds. The SMILES string of the molecule is O=C(O)C1COC(=O)N1CC1CCNC1. The van der Waals surface area contributed by atoms with E-state index < -0.39 is 18.1 Å². The molecule has 2 heterocycles. The van der Waals surface area contributed by atoms with Gasteiger partial charge in [-0.25, -0.2) is 9.59 Å². The van der Waals surface area contributed by atoms with E-state index in [1.54, 1.807) is 0 Å². The molecule has 2 rings (SSSR count). The first-order chi connectivity index (χ1) is 7.18. The predicted molar refractivity (Wildman–Crippen MR) is 50.5 cm³/mol. The highest BCUT2D eigenvalue weighted by Gasteiger charge is 2.39. The van der Waals surface area contributed by atoms with E-state index >= 15 is 0 Å². The summed E-state index contributed by atoms with van der Waals surface area (Å²) in [7, 11) is 0. The van der Waals surface area contributed by atoms with Crippen molar-refractivity contribution >= 4 is 12.1 Å². The summed E-state index contributed by atoms with van der Waals surface area (Å²) in [6.45, 7) is 2.22. The Morgan fingerprint density at radius 1 is 1.67 bits per heavy atom. The number of carboxylic acids is 1. The zero-order valence-corrected chi connectivity index (χ0v) is 8.31. The van der Waals surface area contributed by atoms with E-state index in [0.717, 1.165) is 19.5 Å². The van der Waals surface area contributed by atoms with Crippen LogP contribution in [0.3, 0.4) is 0 Å². The fourth-order valence-electron chi connectivity index (χ4n) is 2.01. The second-order valence-corrected chi connectivity index (χ2v) is 3.94. The van der Waals surface area contributed by atoms with Crippen LogP contribution in [-0.4, -0.2) is 54.4 Å². The summed E-state index contributed by atoms with van der Waals surface area (Å²) in [6, 6.07) is -0.807. The van der Waals surface area contributed by atoms with Crippen LogP contribution in [0.5, 0.6) is 0 Å². The summed E-state index contributed by atoms with van der Waals surface area (Å²) in [5.41, 5.74) is 0. The lowest BCUT2D eigenvalue weighted by atomic mass is 10.1. The molecule has 2 aliphatic heterocycles. The van der Waals surface area contributed by atoms with Crippen LogP contribution in [0.25, 0.3) is 0 Å². The molecule has 0 aromatic rings. The number of nitrogens with one attached hydrogen (secondary N) is 1. The molecule has 0 bridgehead atoms. The summed E-state index contributed by atoms with van der Waals surface area (Å²) in [6.07, 6.45) is 0.477. The monoisotopic (exact) mass is 214 g/mol. The van der Waals surface area contributed by atoms with Gasteiger partial charge in [-0.05, 0) is 25.4 Å².